The van der Waals surface area contributed by atoms with Crippen LogP contribution >= 0.6 is 0 Å². The van der Waals surface area contributed by atoms with Crippen LogP contribution in [0.25, 0.3) is 11.3 Å². The fourth-order valence-corrected chi connectivity index (χ4v) is 2.72. The van der Waals surface area contributed by atoms with Crippen LogP contribution in [0, 0.1) is 11.3 Å². The Balaban J connectivity index is 1.98. The van der Waals surface area contributed by atoms with E-state index >= 15 is 0 Å². The summed E-state index contributed by atoms with van der Waals surface area (Å²) in [6.45, 7) is 0. The number of benzene rings is 1. The highest BCUT2D eigenvalue weighted by atomic mass is 15.3. The fraction of sp³-hybridized carbons (Fsp3) is 0.333. The molecule has 0 spiro atoms. The van der Waals surface area contributed by atoms with Gasteiger partial charge in [0.1, 0.15) is 5.69 Å². The van der Waals surface area contributed by atoms with Gasteiger partial charge >= 0.3 is 0 Å². The van der Waals surface area contributed by atoms with Gasteiger partial charge < -0.3 is 5.73 Å². The Morgan fingerprint density at radius 3 is 2.84 bits per heavy atom. The van der Waals surface area contributed by atoms with E-state index in [0.29, 0.717) is 17.3 Å². The van der Waals surface area contributed by atoms with Crippen molar-refractivity contribution in [3.63, 3.8) is 0 Å². The second-order valence-corrected chi connectivity index (χ2v) is 5.04. The third kappa shape index (κ3) is 2.19. The molecule has 0 unspecified atom stereocenters. The molecule has 2 N–H and O–H groups in total. The van der Waals surface area contributed by atoms with Gasteiger partial charge in [0.05, 0.1) is 23.4 Å². The van der Waals surface area contributed by atoms with Crippen molar-refractivity contribution in [2.24, 2.45) is 0 Å². The molecule has 19 heavy (non-hydrogen) atoms. The lowest BCUT2D eigenvalue weighted by Crippen LogP contribution is -2.04. The first kappa shape index (κ1) is 11.8. The third-order valence-electron chi connectivity index (χ3n) is 3.72. The van der Waals surface area contributed by atoms with Crippen molar-refractivity contribution >= 4 is 5.69 Å². The molecule has 1 aromatic heterocycles. The van der Waals surface area contributed by atoms with Crippen LogP contribution in [0.1, 0.15) is 37.3 Å². The number of nitrogen functional groups attached to an aromatic ring is 1. The Bertz CT molecular complexity index is 630. The zero-order chi connectivity index (χ0) is 13.2. The molecule has 0 amide bonds. The molecule has 0 aliphatic heterocycles. The molecule has 1 aliphatic rings. The molecular weight excluding hydrogens is 236 g/mol. The van der Waals surface area contributed by atoms with Crippen molar-refractivity contribution in [1.82, 2.24) is 9.78 Å². The molecule has 4 heteroatoms. The lowest BCUT2D eigenvalue weighted by Gasteiger charge is -2.08. The van der Waals surface area contributed by atoms with Crippen molar-refractivity contribution in [3.8, 4) is 17.3 Å². The van der Waals surface area contributed by atoms with Gasteiger partial charge in [-0.3, -0.25) is 4.68 Å². The Morgan fingerprint density at radius 1 is 1.32 bits per heavy atom. The number of nitrogens with zero attached hydrogens (tertiary/aromatic N) is 3. The predicted molar refractivity (Wildman–Crippen MR) is 74.3 cm³/mol. The summed E-state index contributed by atoms with van der Waals surface area (Å²) < 4.78 is 2.00. The summed E-state index contributed by atoms with van der Waals surface area (Å²) in [6.07, 6.45) is 6.81. The van der Waals surface area contributed by atoms with Crippen LogP contribution in [0.4, 0.5) is 5.69 Å². The minimum Gasteiger partial charge on any atom is -0.396 e. The number of rotatable bonds is 2. The maximum absolute atomic E-state index is 8.95. The second-order valence-electron chi connectivity index (χ2n) is 5.04. The number of hydrogen-bond acceptors (Lipinski definition) is 3. The van der Waals surface area contributed by atoms with Crippen LogP contribution in [0.5, 0.6) is 0 Å². The molecular formula is C15H16N4. The van der Waals surface area contributed by atoms with Crippen molar-refractivity contribution in [2.45, 2.75) is 31.7 Å². The number of anilines is 1. The number of aromatic nitrogens is 2. The zero-order valence-corrected chi connectivity index (χ0v) is 10.7. The maximum Gasteiger partial charge on any atom is 0.115 e. The number of nitriles is 1. The summed E-state index contributed by atoms with van der Waals surface area (Å²) in [5.74, 6) is 0. The Hall–Kier alpha value is -2.28. The predicted octanol–water partition coefficient (Wildman–Crippen LogP) is 3.12. The molecule has 1 aromatic carbocycles. The van der Waals surface area contributed by atoms with Crippen molar-refractivity contribution in [3.05, 3.63) is 36.0 Å². The quantitative estimate of drug-likeness (QED) is 0.892. The highest BCUT2D eigenvalue weighted by Gasteiger charge is 2.19. The highest BCUT2D eigenvalue weighted by molar-refractivity contribution is 5.72. The van der Waals surface area contributed by atoms with E-state index in [9.17, 15) is 0 Å². The molecule has 1 heterocycles. The van der Waals surface area contributed by atoms with Crippen LogP contribution in [-0.2, 0) is 0 Å². The van der Waals surface area contributed by atoms with Crippen LogP contribution in [0.2, 0.25) is 0 Å². The van der Waals surface area contributed by atoms with Gasteiger partial charge in [-0.2, -0.15) is 10.4 Å². The Morgan fingerprint density at radius 2 is 2.11 bits per heavy atom. The largest absolute Gasteiger partial charge is 0.396 e. The zero-order valence-electron chi connectivity index (χ0n) is 10.7. The molecule has 1 fully saturated rings. The van der Waals surface area contributed by atoms with Gasteiger partial charge in [-0.05, 0) is 25.0 Å². The first-order valence-corrected chi connectivity index (χ1v) is 6.63. The Labute approximate surface area is 112 Å². The lowest BCUT2D eigenvalue weighted by molar-refractivity contribution is 0.468. The van der Waals surface area contributed by atoms with E-state index in [0.717, 1.165) is 11.3 Å². The first-order chi connectivity index (χ1) is 9.28. The number of hydrogen-bond donors (Lipinski definition) is 1. The van der Waals surface area contributed by atoms with Crippen LogP contribution in [0.3, 0.4) is 0 Å². The van der Waals surface area contributed by atoms with Gasteiger partial charge in [0, 0.05) is 11.8 Å². The summed E-state index contributed by atoms with van der Waals surface area (Å²) in [5.41, 5.74) is 9.07. The third-order valence-corrected chi connectivity index (χ3v) is 3.72. The van der Waals surface area contributed by atoms with Gasteiger partial charge in [-0.25, -0.2) is 0 Å². The molecule has 0 atom stereocenters. The fourth-order valence-electron chi connectivity index (χ4n) is 2.72. The first-order valence-electron chi connectivity index (χ1n) is 6.63. The summed E-state index contributed by atoms with van der Waals surface area (Å²) in [4.78, 5) is 0. The van der Waals surface area contributed by atoms with E-state index in [-0.39, 0.29) is 0 Å². The molecule has 0 radical (unpaired) electrons. The SMILES string of the molecule is N#Cc1cccc(-c2nn(C3CCCC3)cc2N)c1. The topological polar surface area (TPSA) is 67.6 Å². The normalized spacial score (nSPS) is 15.5. The van der Waals surface area contributed by atoms with E-state index in [1.54, 1.807) is 6.07 Å². The summed E-state index contributed by atoms with van der Waals surface area (Å²) in [6, 6.07) is 10.0. The molecule has 0 saturated heterocycles. The molecule has 0 bridgehead atoms. The standard InChI is InChI=1S/C15H16N4/c16-9-11-4-3-5-12(8-11)15-14(17)10-19(18-15)13-6-1-2-7-13/h3-5,8,10,13H,1-2,6-7,17H2. The number of nitrogens with two attached hydrogens (primary N) is 1. The molecule has 1 aliphatic carbocycles. The average Bonchev–Trinajstić information content (AvgIpc) is 3.07. The van der Waals surface area contributed by atoms with Gasteiger partial charge in [0.15, 0.2) is 0 Å². The monoisotopic (exact) mass is 252 g/mol. The summed E-state index contributed by atoms with van der Waals surface area (Å²) in [7, 11) is 0. The lowest BCUT2D eigenvalue weighted by atomic mass is 10.1. The van der Waals surface area contributed by atoms with Gasteiger partial charge in [-0.1, -0.05) is 25.0 Å². The highest BCUT2D eigenvalue weighted by Crippen LogP contribution is 2.32. The van der Waals surface area contributed by atoms with E-state index in [2.05, 4.69) is 11.2 Å². The second kappa shape index (κ2) is 4.77. The molecule has 4 nitrogen and oxygen atoms in total. The minimum absolute atomic E-state index is 0.482. The van der Waals surface area contributed by atoms with E-state index in [1.165, 1.54) is 25.7 Å². The van der Waals surface area contributed by atoms with Crippen molar-refractivity contribution < 1.29 is 0 Å². The van der Waals surface area contributed by atoms with Crippen molar-refractivity contribution in [2.75, 3.05) is 5.73 Å². The Kier molecular flexibility index (Phi) is 2.96. The van der Waals surface area contributed by atoms with E-state index in [1.807, 2.05) is 29.1 Å². The van der Waals surface area contributed by atoms with Gasteiger partial charge in [0.25, 0.3) is 0 Å². The molecule has 96 valence electrons. The minimum atomic E-state index is 0.482. The molecule has 2 aromatic rings. The maximum atomic E-state index is 8.95. The molecule has 3 rings (SSSR count). The van der Waals surface area contributed by atoms with E-state index in [4.69, 9.17) is 11.0 Å². The summed E-state index contributed by atoms with van der Waals surface area (Å²) >= 11 is 0. The van der Waals surface area contributed by atoms with Gasteiger partial charge in [0.2, 0.25) is 0 Å². The van der Waals surface area contributed by atoms with Crippen LogP contribution in [0.15, 0.2) is 30.5 Å². The van der Waals surface area contributed by atoms with Gasteiger partial charge in [-0.15, -0.1) is 0 Å². The van der Waals surface area contributed by atoms with E-state index < -0.39 is 0 Å². The summed E-state index contributed by atoms with van der Waals surface area (Å²) in [5, 5.41) is 13.6. The average molecular weight is 252 g/mol. The van der Waals surface area contributed by atoms with Crippen molar-refractivity contribution in [1.29, 1.82) is 5.26 Å². The van der Waals surface area contributed by atoms with Crippen LogP contribution in [-0.4, -0.2) is 9.78 Å². The smallest absolute Gasteiger partial charge is 0.115 e. The molecule has 1 saturated carbocycles. The van der Waals surface area contributed by atoms with Crippen LogP contribution < -0.4 is 5.73 Å².